The molecule has 184 valence electrons. The summed E-state index contributed by atoms with van der Waals surface area (Å²) < 4.78 is 11.4. The Kier molecular flexibility index (Phi) is 7.14. The Hall–Kier alpha value is -4.23. The van der Waals surface area contributed by atoms with Crippen molar-refractivity contribution in [2.24, 2.45) is 11.0 Å². The lowest BCUT2D eigenvalue weighted by Crippen LogP contribution is -2.25. The van der Waals surface area contributed by atoms with Gasteiger partial charge in [-0.2, -0.15) is 5.10 Å². The summed E-state index contributed by atoms with van der Waals surface area (Å²) in [4.78, 5) is 25.4. The van der Waals surface area contributed by atoms with E-state index in [1.54, 1.807) is 30.3 Å². The van der Waals surface area contributed by atoms with Gasteiger partial charge in [0.1, 0.15) is 11.5 Å². The van der Waals surface area contributed by atoms with Crippen LogP contribution in [0.3, 0.4) is 0 Å². The molecule has 1 atom stereocenters. The van der Waals surface area contributed by atoms with E-state index >= 15 is 0 Å². The van der Waals surface area contributed by atoms with Gasteiger partial charge in [0, 0.05) is 21.5 Å². The Morgan fingerprint density at radius 3 is 2.32 bits per heavy atom. The van der Waals surface area contributed by atoms with Crippen LogP contribution in [-0.2, 0) is 15.0 Å². The Labute approximate surface area is 222 Å². The molecule has 4 aromatic rings. The molecule has 1 amide bonds. The summed E-state index contributed by atoms with van der Waals surface area (Å²) in [6, 6.07) is 28.8. The average molecular weight is 555 g/mol. The Balaban J connectivity index is 1.29. The predicted molar refractivity (Wildman–Crippen MR) is 145 cm³/mol. The van der Waals surface area contributed by atoms with Gasteiger partial charge in [0.05, 0.1) is 18.4 Å². The number of carbonyl (C=O) groups excluding carboxylic acids is 2. The first-order chi connectivity index (χ1) is 18.1. The van der Waals surface area contributed by atoms with Crippen LogP contribution in [0.4, 0.5) is 0 Å². The van der Waals surface area contributed by atoms with Crippen LogP contribution in [0.2, 0.25) is 0 Å². The smallest absolute Gasteiger partial charge is 0.336 e. The fourth-order valence-electron chi connectivity index (χ4n) is 4.49. The molecule has 1 heterocycles. The number of ether oxygens (including phenoxy) is 1. The largest absolute Gasteiger partial charge is 0.465 e. The van der Waals surface area contributed by atoms with Gasteiger partial charge in [-0.25, -0.2) is 10.2 Å². The van der Waals surface area contributed by atoms with Crippen LogP contribution in [0, 0.1) is 5.92 Å². The summed E-state index contributed by atoms with van der Waals surface area (Å²) in [5.41, 5.74) is 5.04. The van der Waals surface area contributed by atoms with Gasteiger partial charge in [-0.3, -0.25) is 4.79 Å². The van der Waals surface area contributed by atoms with E-state index in [1.165, 1.54) is 24.6 Å². The van der Waals surface area contributed by atoms with E-state index in [1.807, 2.05) is 36.4 Å². The van der Waals surface area contributed by atoms with E-state index in [9.17, 15) is 9.59 Å². The molecular weight excluding hydrogens is 532 g/mol. The van der Waals surface area contributed by atoms with Crippen molar-refractivity contribution in [3.05, 3.63) is 130 Å². The highest BCUT2D eigenvalue weighted by Gasteiger charge is 2.60. The molecule has 0 bridgehead atoms. The zero-order valence-electron chi connectivity index (χ0n) is 19.7. The van der Waals surface area contributed by atoms with Crippen LogP contribution >= 0.6 is 15.9 Å². The fraction of sp³-hybridized carbons (Fsp3) is 0.100. The number of hydrazone groups is 1. The maximum absolute atomic E-state index is 13.1. The lowest BCUT2D eigenvalue weighted by molar-refractivity contribution is -0.129. The van der Waals surface area contributed by atoms with Gasteiger partial charge in [0.15, 0.2) is 0 Å². The molecule has 1 saturated carbocycles. The molecule has 6 nitrogen and oxygen atoms in total. The van der Waals surface area contributed by atoms with Crippen LogP contribution in [0.5, 0.6) is 5.75 Å². The summed E-state index contributed by atoms with van der Waals surface area (Å²) in [5.74, 6) is -0.130. The van der Waals surface area contributed by atoms with Gasteiger partial charge >= 0.3 is 5.97 Å². The quantitative estimate of drug-likeness (QED) is 0.0935. The molecule has 1 aromatic heterocycles. The number of rotatable bonds is 8. The van der Waals surface area contributed by atoms with Gasteiger partial charge in [0.2, 0.25) is 5.91 Å². The molecule has 1 aliphatic carbocycles. The molecule has 1 fully saturated rings. The summed E-state index contributed by atoms with van der Waals surface area (Å²) in [5, 5.41) is 4.18. The van der Waals surface area contributed by atoms with Crippen molar-refractivity contribution in [2.75, 3.05) is 0 Å². The minimum atomic E-state index is -0.564. The average Bonchev–Trinajstić information content (AvgIpc) is 3.48. The third kappa shape index (κ3) is 5.47. The summed E-state index contributed by atoms with van der Waals surface area (Å²) in [6.45, 7) is 0. The number of furan rings is 1. The maximum atomic E-state index is 13.1. The van der Waals surface area contributed by atoms with E-state index in [-0.39, 0.29) is 17.2 Å². The van der Waals surface area contributed by atoms with Crippen LogP contribution < -0.4 is 10.2 Å². The van der Waals surface area contributed by atoms with Crippen LogP contribution in [0.1, 0.15) is 28.9 Å². The molecule has 0 saturated heterocycles. The van der Waals surface area contributed by atoms with E-state index in [0.29, 0.717) is 23.5 Å². The minimum absolute atomic E-state index is 0.168. The van der Waals surface area contributed by atoms with Crippen LogP contribution in [-0.4, -0.2) is 18.1 Å². The number of nitrogens with zero attached hydrogens (tertiary/aromatic N) is 1. The van der Waals surface area contributed by atoms with E-state index in [4.69, 9.17) is 9.15 Å². The molecule has 7 heteroatoms. The zero-order valence-corrected chi connectivity index (χ0v) is 21.3. The highest BCUT2D eigenvalue weighted by atomic mass is 79.9. The molecule has 0 radical (unpaired) electrons. The number of esters is 1. The third-order valence-electron chi connectivity index (χ3n) is 6.34. The predicted octanol–water partition coefficient (Wildman–Crippen LogP) is 6.12. The Morgan fingerprint density at radius 1 is 0.973 bits per heavy atom. The number of carbonyl (C=O) groups is 2. The van der Waals surface area contributed by atoms with Crippen molar-refractivity contribution in [2.45, 2.75) is 11.8 Å². The third-order valence-corrected chi connectivity index (χ3v) is 6.84. The monoisotopic (exact) mass is 554 g/mol. The SMILES string of the molecule is O=C(/C=C\c1ccco1)Oc1ccc(Br)cc1C=NNC(=O)[C@@H]1CC1(c1ccccc1)c1ccccc1. The highest BCUT2D eigenvalue weighted by Crippen LogP contribution is 2.58. The molecule has 1 aliphatic rings. The van der Waals surface area contributed by atoms with Gasteiger partial charge in [-0.05, 0) is 54.0 Å². The second-order valence-electron chi connectivity index (χ2n) is 8.65. The Morgan fingerprint density at radius 2 is 1.68 bits per heavy atom. The number of hydrogen-bond donors (Lipinski definition) is 1. The number of hydrogen-bond acceptors (Lipinski definition) is 5. The van der Waals surface area contributed by atoms with E-state index < -0.39 is 5.97 Å². The highest BCUT2D eigenvalue weighted by molar-refractivity contribution is 9.10. The van der Waals surface area contributed by atoms with Gasteiger partial charge in [0.25, 0.3) is 0 Å². The van der Waals surface area contributed by atoms with Crippen molar-refractivity contribution in [1.82, 2.24) is 5.43 Å². The molecule has 0 spiro atoms. The first kappa shape index (κ1) is 24.5. The molecule has 1 N–H and O–H groups in total. The van der Waals surface area contributed by atoms with Crippen molar-refractivity contribution >= 4 is 40.1 Å². The van der Waals surface area contributed by atoms with Gasteiger partial charge in [-0.1, -0.05) is 76.6 Å². The van der Waals surface area contributed by atoms with Crippen LogP contribution in [0.25, 0.3) is 6.08 Å². The first-order valence-corrected chi connectivity index (χ1v) is 12.5. The first-order valence-electron chi connectivity index (χ1n) is 11.7. The molecule has 5 rings (SSSR count). The molecule has 0 unspecified atom stereocenters. The standard InChI is InChI=1S/C30H23BrN2O4/c31-24-13-15-27(37-28(34)16-14-25-12-7-17-36-25)21(18-24)20-32-33-29(35)26-19-30(26,22-8-3-1-4-9-22)23-10-5-2-6-11-23/h1-18,20,26H,19H2,(H,33,35)/b16-14-,32-20?/t26-/m0/s1. The minimum Gasteiger partial charge on any atom is -0.465 e. The van der Waals surface area contributed by atoms with Gasteiger partial charge < -0.3 is 9.15 Å². The fourth-order valence-corrected chi connectivity index (χ4v) is 4.87. The normalized spacial score (nSPS) is 16.1. The second-order valence-corrected chi connectivity index (χ2v) is 9.56. The van der Waals surface area contributed by atoms with Gasteiger partial charge in [-0.15, -0.1) is 0 Å². The number of halogens is 1. The number of nitrogens with one attached hydrogen (secondary N) is 1. The van der Waals surface area contributed by atoms with Crippen molar-refractivity contribution in [3.63, 3.8) is 0 Å². The molecule has 37 heavy (non-hydrogen) atoms. The molecule has 0 aliphatic heterocycles. The topological polar surface area (TPSA) is 80.9 Å². The molecule has 3 aromatic carbocycles. The van der Waals surface area contributed by atoms with E-state index in [0.717, 1.165) is 15.6 Å². The summed E-state index contributed by atoms with van der Waals surface area (Å²) in [7, 11) is 0. The number of amides is 1. The second kappa shape index (κ2) is 10.8. The lowest BCUT2D eigenvalue weighted by Gasteiger charge is -2.18. The maximum Gasteiger partial charge on any atom is 0.336 e. The van der Waals surface area contributed by atoms with Crippen molar-refractivity contribution < 1.29 is 18.7 Å². The van der Waals surface area contributed by atoms with Crippen LogP contribution in [0.15, 0.2) is 117 Å². The Bertz CT molecular complexity index is 1410. The zero-order chi connectivity index (χ0) is 25.7. The van der Waals surface area contributed by atoms with Crippen molar-refractivity contribution in [1.29, 1.82) is 0 Å². The van der Waals surface area contributed by atoms with Crippen molar-refractivity contribution in [3.8, 4) is 5.75 Å². The summed E-state index contributed by atoms with van der Waals surface area (Å²) >= 11 is 3.42. The van der Waals surface area contributed by atoms with E-state index in [2.05, 4.69) is 50.7 Å². The number of benzene rings is 3. The molecular formula is C30H23BrN2O4. The lowest BCUT2D eigenvalue weighted by atomic mass is 9.85. The summed E-state index contributed by atoms with van der Waals surface area (Å²) in [6.07, 6.45) is 6.49.